The summed E-state index contributed by atoms with van der Waals surface area (Å²) in [6.07, 6.45) is 0. The molecule has 0 aliphatic heterocycles. The van der Waals surface area contributed by atoms with E-state index in [1.165, 1.54) is 22.3 Å². The quantitative estimate of drug-likeness (QED) is 0.360. The van der Waals surface area contributed by atoms with Gasteiger partial charge in [0.15, 0.2) is 0 Å². The summed E-state index contributed by atoms with van der Waals surface area (Å²) in [5.41, 5.74) is 8.52. The molecule has 0 saturated heterocycles. The van der Waals surface area contributed by atoms with Crippen molar-refractivity contribution in [3.63, 3.8) is 0 Å². The molecule has 4 aromatic rings. The number of benzene rings is 3. The molecule has 0 radical (unpaired) electrons. The van der Waals surface area contributed by atoms with Crippen molar-refractivity contribution < 1.29 is 0 Å². The van der Waals surface area contributed by atoms with Crippen molar-refractivity contribution in [1.82, 2.24) is 9.97 Å². The molecule has 1 aliphatic carbocycles. The number of rotatable bonds is 1. The third kappa shape index (κ3) is 2.70. The van der Waals surface area contributed by atoms with Crippen LogP contribution in [0.2, 0.25) is 0 Å². The number of para-hydroxylation sites is 1. The minimum atomic E-state index is -0.106. The fourth-order valence-corrected chi connectivity index (χ4v) is 4.48. The molecule has 5 rings (SSSR count). The summed E-state index contributed by atoms with van der Waals surface area (Å²) in [4.78, 5) is 9.91. The lowest BCUT2D eigenvalue weighted by Crippen LogP contribution is -2.17. The Kier molecular flexibility index (Phi) is 3.73. The molecule has 2 nitrogen and oxygen atoms in total. The molecule has 0 unspecified atom stereocenters. The molecule has 1 aromatic heterocycles. The molecule has 0 saturated carbocycles. The molecule has 0 atom stereocenters. The maximum absolute atomic E-state index is 5.05. The molecular formula is C27H26N2. The number of hydrogen-bond acceptors (Lipinski definition) is 2. The zero-order valence-electron chi connectivity index (χ0n) is 17.7. The van der Waals surface area contributed by atoms with E-state index in [2.05, 4.69) is 95.3 Å². The summed E-state index contributed by atoms with van der Waals surface area (Å²) in [6, 6.07) is 23.9. The second kappa shape index (κ2) is 6.00. The summed E-state index contributed by atoms with van der Waals surface area (Å²) < 4.78 is 0. The zero-order chi connectivity index (χ0) is 20.4. The average molecular weight is 379 g/mol. The van der Waals surface area contributed by atoms with Crippen LogP contribution in [0.3, 0.4) is 0 Å². The molecule has 1 aliphatic rings. The van der Waals surface area contributed by atoms with Crippen LogP contribution in [0.4, 0.5) is 0 Å². The number of fused-ring (bicyclic) bond motifs is 4. The average Bonchev–Trinajstić information content (AvgIpc) is 2.94. The topological polar surface area (TPSA) is 25.8 Å². The minimum absolute atomic E-state index is 0.0162. The Morgan fingerprint density at radius 1 is 0.724 bits per heavy atom. The van der Waals surface area contributed by atoms with Crippen LogP contribution in [0.15, 0.2) is 66.7 Å². The van der Waals surface area contributed by atoms with Gasteiger partial charge in [0.2, 0.25) is 0 Å². The molecule has 29 heavy (non-hydrogen) atoms. The SMILES string of the molecule is CC(C)(C)c1nc(-c2ccc3c(c2)C(C)(C)c2ccccc2-3)c2ccccc2n1. The molecule has 0 bridgehead atoms. The Bertz CT molecular complexity index is 1260. The van der Waals surface area contributed by atoms with Gasteiger partial charge in [-0.1, -0.05) is 89.2 Å². The van der Waals surface area contributed by atoms with Crippen LogP contribution in [0.1, 0.15) is 51.6 Å². The highest BCUT2D eigenvalue weighted by molar-refractivity contribution is 5.93. The standard InChI is InChI=1S/C27H26N2/c1-26(2,3)25-28-23-13-9-7-11-20(23)24(29-25)17-14-15-19-18-10-6-8-12-21(18)27(4,5)22(19)16-17/h6-16H,1-5H3. The van der Waals surface area contributed by atoms with Crippen LogP contribution in [0, 0.1) is 0 Å². The van der Waals surface area contributed by atoms with E-state index >= 15 is 0 Å². The van der Waals surface area contributed by atoms with Gasteiger partial charge in [-0.25, -0.2) is 9.97 Å². The molecule has 0 N–H and O–H groups in total. The van der Waals surface area contributed by atoms with Crippen molar-refractivity contribution in [3.05, 3.63) is 83.7 Å². The smallest absolute Gasteiger partial charge is 0.135 e. The summed E-state index contributed by atoms with van der Waals surface area (Å²) in [5, 5.41) is 1.11. The lowest BCUT2D eigenvalue weighted by Gasteiger charge is -2.22. The molecule has 0 spiro atoms. The van der Waals surface area contributed by atoms with E-state index in [0.29, 0.717) is 0 Å². The summed E-state index contributed by atoms with van der Waals surface area (Å²) in [5.74, 6) is 0.884. The van der Waals surface area contributed by atoms with Crippen molar-refractivity contribution in [1.29, 1.82) is 0 Å². The van der Waals surface area contributed by atoms with Gasteiger partial charge in [0.05, 0.1) is 11.2 Å². The van der Waals surface area contributed by atoms with Gasteiger partial charge in [-0.05, 0) is 34.4 Å². The van der Waals surface area contributed by atoms with Gasteiger partial charge in [-0.15, -0.1) is 0 Å². The van der Waals surface area contributed by atoms with Crippen molar-refractivity contribution in [2.24, 2.45) is 0 Å². The number of aromatic nitrogens is 2. The first-order valence-electron chi connectivity index (χ1n) is 10.3. The van der Waals surface area contributed by atoms with Crippen LogP contribution in [-0.4, -0.2) is 9.97 Å². The summed E-state index contributed by atoms with van der Waals surface area (Å²) in [7, 11) is 0. The number of hydrogen-bond donors (Lipinski definition) is 0. The van der Waals surface area contributed by atoms with Gasteiger partial charge >= 0.3 is 0 Å². The highest BCUT2D eigenvalue weighted by Crippen LogP contribution is 2.49. The van der Waals surface area contributed by atoms with E-state index in [4.69, 9.17) is 9.97 Å². The Morgan fingerprint density at radius 3 is 2.21 bits per heavy atom. The first-order chi connectivity index (χ1) is 13.8. The Morgan fingerprint density at radius 2 is 1.41 bits per heavy atom. The van der Waals surface area contributed by atoms with Crippen molar-refractivity contribution in [2.45, 2.75) is 45.4 Å². The lowest BCUT2D eigenvalue weighted by atomic mass is 9.81. The second-order valence-electron chi connectivity index (χ2n) is 9.59. The highest BCUT2D eigenvalue weighted by atomic mass is 14.9. The van der Waals surface area contributed by atoms with E-state index in [1.54, 1.807) is 0 Å². The van der Waals surface area contributed by atoms with Crippen molar-refractivity contribution in [2.75, 3.05) is 0 Å². The Balaban J connectivity index is 1.77. The predicted molar refractivity (Wildman–Crippen MR) is 121 cm³/mol. The second-order valence-corrected chi connectivity index (χ2v) is 9.59. The fraction of sp³-hybridized carbons (Fsp3) is 0.259. The minimum Gasteiger partial charge on any atom is -0.232 e. The van der Waals surface area contributed by atoms with Gasteiger partial charge in [0.25, 0.3) is 0 Å². The molecule has 3 aromatic carbocycles. The van der Waals surface area contributed by atoms with Crippen LogP contribution < -0.4 is 0 Å². The molecule has 144 valence electrons. The molecular weight excluding hydrogens is 352 g/mol. The normalized spacial score (nSPS) is 14.7. The van der Waals surface area contributed by atoms with Crippen molar-refractivity contribution in [3.8, 4) is 22.4 Å². The summed E-state index contributed by atoms with van der Waals surface area (Å²) >= 11 is 0. The van der Waals surface area contributed by atoms with Gasteiger partial charge in [0.1, 0.15) is 5.82 Å². The maximum atomic E-state index is 5.05. The summed E-state index contributed by atoms with van der Waals surface area (Å²) in [6.45, 7) is 11.1. The molecule has 1 heterocycles. The van der Waals surface area contributed by atoms with E-state index in [-0.39, 0.29) is 10.8 Å². The van der Waals surface area contributed by atoms with Crippen LogP contribution in [0.25, 0.3) is 33.3 Å². The first-order valence-corrected chi connectivity index (χ1v) is 10.3. The van der Waals surface area contributed by atoms with Crippen LogP contribution in [0.5, 0.6) is 0 Å². The first kappa shape index (κ1) is 18.1. The third-order valence-corrected chi connectivity index (χ3v) is 6.13. The zero-order valence-corrected chi connectivity index (χ0v) is 17.7. The van der Waals surface area contributed by atoms with Gasteiger partial charge in [-0.3, -0.25) is 0 Å². The number of nitrogens with zero attached hydrogens (tertiary/aromatic N) is 2. The fourth-order valence-electron chi connectivity index (χ4n) is 4.48. The van der Waals surface area contributed by atoms with E-state index in [9.17, 15) is 0 Å². The van der Waals surface area contributed by atoms with Gasteiger partial charge < -0.3 is 0 Å². The van der Waals surface area contributed by atoms with Crippen LogP contribution in [-0.2, 0) is 10.8 Å². The molecule has 0 amide bonds. The van der Waals surface area contributed by atoms with E-state index < -0.39 is 0 Å². The van der Waals surface area contributed by atoms with Gasteiger partial charge in [-0.2, -0.15) is 0 Å². The lowest BCUT2D eigenvalue weighted by molar-refractivity contribution is 0.549. The largest absolute Gasteiger partial charge is 0.232 e. The molecule has 2 heteroatoms. The monoisotopic (exact) mass is 378 g/mol. The molecule has 0 fully saturated rings. The van der Waals surface area contributed by atoms with Gasteiger partial charge in [0, 0.05) is 21.8 Å². The highest BCUT2D eigenvalue weighted by Gasteiger charge is 2.35. The Labute approximate surface area is 172 Å². The van der Waals surface area contributed by atoms with Crippen LogP contribution >= 0.6 is 0 Å². The predicted octanol–water partition coefficient (Wildman–Crippen LogP) is 6.90. The Hall–Kier alpha value is -3.00. The van der Waals surface area contributed by atoms with E-state index in [0.717, 1.165) is 28.0 Å². The maximum Gasteiger partial charge on any atom is 0.135 e. The van der Waals surface area contributed by atoms with E-state index in [1.807, 2.05) is 6.07 Å². The van der Waals surface area contributed by atoms with Crippen molar-refractivity contribution >= 4 is 10.9 Å². The third-order valence-electron chi connectivity index (χ3n) is 6.13.